The number of carbonyl (C=O) groups is 2. The second-order valence-corrected chi connectivity index (χ2v) is 12.1. The van der Waals surface area contributed by atoms with Gasteiger partial charge in [0.25, 0.3) is 5.84 Å². The lowest BCUT2D eigenvalue weighted by molar-refractivity contribution is -0.511. The first-order chi connectivity index (χ1) is 19.1. The number of ether oxygens (including phenoxy) is 1. The molecule has 9 nitrogen and oxygen atoms in total. The van der Waals surface area contributed by atoms with Crippen LogP contribution in [0.1, 0.15) is 71.3 Å². The molecule has 0 radical (unpaired) electrons. The van der Waals surface area contributed by atoms with Crippen LogP contribution in [0.25, 0.3) is 0 Å². The van der Waals surface area contributed by atoms with Gasteiger partial charge in [0.15, 0.2) is 5.54 Å². The summed E-state index contributed by atoms with van der Waals surface area (Å²) in [7, 11) is 0. The number of halogens is 1. The van der Waals surface area contributed by atoms with Crippen molar-refractivity contribution in [1.82, 2.24) is 15.2 Å². The maximum atomic E-state index is 14.2. The molecule has 3 heterocycles. The summed E-state index contributed by atoms with van der Waals surface area (Å²) in [5, 5.41) is 5.79. The minimum Gasteiger partial charge on any atom is -0.444 e. The van der Waals surface area contributed by atoms with Crippen molar-refractivity contribution in [3.05, 3.63) is 54.0 Å². The van der Waals surface area contributed by atoms with E-state index in [2.05, 4.69) is 25.5 Å². The van der Waals surface area contributed by atoms with Gasteiger partial charge in [-0.1, -0.05) is 18.6 Å². The van der Waals surface area contributed by atoms with Crippen LogP contribution < -0.4 is 20.5 Å². The molecule has 1 aliphatic carbocycles. The molecule has 40 heavy (non-hydrogen) atoms. The van der Waals surface area contributed by atoms with Gasteiger partial charge in [-0.05, 0) is 89.1 Å². The van der Waals surface area contributed by atoms with Gasteiger partial charge in [-0.25, -0.2) is 19.0 Å². The predicted octanol–water partition coefficient (Wildman–Crippen LogP) is 3.94. The largest absolute Gasteiger partial charge is 0.444 e. The van der Waals surface area contributed by atoms with Gasteiger partial charge in [0.1, 0.15) is 17.2 Å². The van der Waals surface area contributed by atoms with E-state index in [1.54, 1.807) is 29.3 Å². The summed E-state index contributed by atoms with van der Waals surface area (Å²) in [6.45, 7) is 7.65. The van der Waals surface area contributed by atoms with Crippen LogP contribution in [-0.2, 0) is 11.3 Å². The Hall–Kier alpha value is -3.53. The summed E-state index contributed by atoms with van der Waals surface area (Å²) in [6.07, 6.45) is 8.46. The number of nitrogens with zero attached hydrogens (tertiary/aromatic N) is 3. The van der Waals surface area contributed by atoms with Crippen molar-refractivity contribution in [3.8, 4) is 0 Å². The van der Waals surface area contributed by atoms with Crippen LogP contribution in [0.3, 0.4) is 0 Å². The molecule has 1 saturated carbocycles. The van der Waals surface area contributed by atoms with E-state index in [9.17, 15) is 14.0 Å². The Labute approximate surface area is 235 Å². The normalized spacial score (nSPS) is 21.1. The quantitative estimate of drug-likeness (QED) is 0.523. The molecule has 3 N–H and O–H groups in total. The fourth-order valence-electron chi connectivity index (χ4n) is 6.00. The van der Waals surface area contributed by atoms with E-state index < -0.39 is 17.2 Å². The van der Waals surface area contributed by atoms with Crippen molar-refractivity contribution in [2.45, 2.75) is 89.4 Å². The minimum atomic E-state index is -0.581. The second-order valence-electron chi connectivity index (χ2n) is 12.1. The van der Waals surface area contributed by atoms with Crippen LogP contribution in [-0.4, -0.2) is 58.1 Å². The van der Waals surface area contributed by atoms with Crippen LogP contribution in [0.4, 0.5) is 25.5 Å². The summed E-state index contributed by atoms with van der Waals surface area (Å²) in [4.78, 5) is 37.6. The lowest BCUT2D eigenvalue weighted by Gasteiger charge is -2.41. The molecule has 3 amide bonds. The topological polar surface area (TPSA) is 101 Å². The summed E-state index contributed by atoms with van der Waals surface area (Å²) in [5.74, 6) is 0.932. The number of likely N-dealkylation sites (tertiary alicyclic amines) is 1. The average molecular weight is 552 g/mol. The second kappa shape index (κ2) is 11.5. The summed E-state index contributed by atoms with van der Waals surface area (Å²) in [5.41, 5.74) is 0.447. The molecule has 1 aromatic carbocycles. The number of carbonyl (C=O) groups excluding carboxylic acids is 2. The van der Waals surface area contributed by atoms with Gasteiger partial charge in [-0.3, -0.25) is 20.1 Å². The van der Waals surface area contributed by atoms with E-state index in [0.29, 0.717) is 36.9 Å². The lowest BCUT2D eigenvalue weighted by atomic mass is 9.84. The third-order valence-corrected chi connectivity index (χ3v) is 7.89. The van der Waals surface area contributed by atoms with Crippen LogP contribution in [0.5, 0.6) is 0 Å². The van der Waals surface area contributed by atoms with Gasteiger partial charge in [-0.2, -0.15) is 5.32 Å². The van der Waals surface area contributed by atoms with Gasteiger partial charge >= 0.3 is 12.1 Å². The molecular formula is C30H40FN6O3+. The number of rotatable bonds is 5. The average Bonchev–Trinajstić information content (AvgIpc) is 3.16. The molecule has 214 valence electrons. The van der Waals surface area contributed by atoms with Crippen molar-refractivity contribution in [3.63, 3.8) is 0 Å². The lowest BCUT2D eigenvalue weighted by Crippen LogP contribution is -2.85. The van der Waals surface area contributed by atoms with Gasteiger partial charge < -0.3 is 4.74 Å². The van der Waals surface area contributed by atoms with Crippen molar-refractivity contribution < 1.29 is 23.7 Å². The number of amides is 3. The van der Waals surface area contributed by atoms with E-state index in [1.165, 1.54) is 31.4 Å². The third kappa shape index (κ3) is 6.43. The van der Waals surface area contributed by atoms with Crippen LogP contribution in [0.2, 0.25) is 0 Å². The summed E-state index contributed by atoms with van der Waals surface area (Å²) < 4.78 is 19.5. The Kier molecular flexibility index (Phi) is 8.07. The summed E-state index contributed by atoms with van der Waals surface area (Å²) >= 11 is 0. The molecule has 2 aliphatic heterocycles. The molecular weight excluding hydrogens is 511 g/mol. The van der Waals surface area contributed by atoms with Crippen molar-refractivity contribution in [2.24, 2.45) is 0 Å². The van der Waals surface area contributed by atoms with Crippen molar-refractivity contribution in [1.29, 1.82) is 0 Å². The fraction of sp³-hybridized carbons (Fsp3) is 0.533. The zero-order chi connectivity index (χ0) is 28.3. The Morgan fingerprint density at radius 3 is 2.58 bits per heavy atom. The molecule has 2 aromatic rings. The molecule has 10 heteroatoms. The molecule has 3 fully saturated rings. The first-order valence-electron chi connectivity index (χ1n) is 14.3. The number of anilines is 2. The highest BCUT2D eigenvalue weighted by Crippen LogP contribution is 2.37. The van der Waals surface area contributed by atoms with Gasteiger partial charge in [0, 0.05) is 25.8 Å². The number of pyridine rings is 1. The SMILES string of the molecule is CC(C)(C)OC(=O)Nc1ccc(CN2CCC3(CC2)C(=[NH+]C2CCCCC2)NC(=O)N3c2cccc(F)c2)cn1. The number of piperidine rings is 1. The Balaban J connectivity index is 1.29. The molecule has 1 spiro atoms. The number of urea groups is 1. The molecule has 2 saturated heterocycles. The molecule has 0 atom stereocenters. The first-order valence-corrected chi connectivity index (χ1v) is 14.3. The zero-order valence-electron chi connectivity index (χ0n) is 23.6. The molecule has 5 rings (SSSR count). The highest BCUT2D eigenvalue weighted by molar-refractivity contribution is 6.17. The van der Waals surface area contributed by atoms with E-state index in [-0.39, 0.29) is 11.8 Å². The zero-order valence-corrected chi connectivity index (χ0v) is 23.6. The number of hydrogen-bond donors (Lipinski definition) is 3. The van der Waals surface area contributed by atoms with Crippen LogP contribution >= 0.6 is 0 Å². The number of aromatic nitrogens is 1. The van der Waals surface area contributed by atoms with E-state index in [0.717, 1.165) is 37.3 Å². The smallest absolute Gasteiger partial charge is 0.414 e. The monoisotopic (exact) mass is 551 g/mol. The number of amidine groups is 1. The number of benzene rings is 1. The molecule has 1 aromatic heterocycles. The van der Waals surface area contributed by atoms with Crippen molar-refractivity contribution >= 4 is 29.5 Å². The van der Waals surface area contributed by atoms with Crippen LogP contribution in [0, 0.1) is 5.82 Å². The van der Waals surface area contributed by atoms with E-state index >= 15 is 0 Å². The third-order valence-electron chi connectivity index (χ3n) is 7.89. The molecule has 3 aliphatic rings. The standard InChI is InChI=1S/C30H39FN6O3/c1-29(2,3)40-28(39)34-25-13-12-21(19-32-25)20-36-16-14-30(15-17-36)26(33-23-9-5-4-6-10-23)35-27(38)37(30)24-11-7-8-22(31)18-24/h7-8,11-13,18-19,23H,4-6,9-10,14-17,20H2,1-3H3,(H,32,34,39)(H,33,35,38)/p+1. The minimum absolute atomic E-state index is 0.213. The van der Waals surface area contributed by atoms with Crippen LogP contribution in [0.15, 0.2) is 42.6 Å². The van der Waals surface area contributed by atoms with Gasteiger partial charge in [0.05, 0.1) is 11.7 Å². The highest BCUT2D eigenvalue weighted by Gasteiger charge is 2.58. The number of nitrogens with one attached hydrogen (secondary N) is 3. The van der Waals surface area contributed by atoms with E-state index in [4.69, 9.17) is 4.74 Å². The maximum Gasteiger partial charge on any atom is 0.414 e. The van der Waals surface area contributed by atoms with Gasteiger partial charge in [0.2, 0.25) is 0 Å². The van der Waals surface area contributed by atoms with Crippen molar-refractivity contribution in [2.75, 3.05) is 23.3 Å². The van der Waals surface area contributed by atoms with Gasteiger partial charge in [-0.15, -0.1) is 0 Å². The maximum absolute atomic E-state index is 14.2. The Bertz CT molecular complexity index is 1240. The highest BCUT2D eigenvalue weighted by atomic mass is 19.1. The van der Waals surface area contributed by atoms with E-state index in [1.807, 2.05) is 26.8 Å². The fourth-order valence-corrected chi connectivity index (χ4v) is 6.00. The first kappa shape index (κ1) is 28.0. The summed E-state index contributed by atoms with van der Waals surface area (Å²) in [6, 6.07) is 10.2. The molecule has 0 unspecified atom stereocenters. The predicted molar refractivity (Wildman–Crippen MR) is 152 cm³/mol. The Morgan fingerprint density at radius 2 is 1.93 bits per heavy atom. The number of hydrogen-bond acceptors (Lipinski definition) is 5. The Morgan fingerprint density at radius 1 is 1.18 bits per heavy atom. The molecule has 0 bridgehead atoms.